The third-order valence-electron chi connectivity index (χ3n) is 4.57. The van der Waals surface area contributed by atoms with Crippen molar-refractivity contribution in [1.29, 1.82) is 0 Å². The molecule has 0 spiro atoms. The molecule has 0 radical (unpaired) electrons. The van der Waals surface area contributed by atoms with Crippen molar-refractivity contribution in [3.05, 3.63) is 91.7 Å². The first-order chi connectivity index (χ1) is 14.9. The number of fused-ring (bicyclic) bond motifs is 1. The Kier molecular flexibility index (Phi) is 5.68. The van der Waals surface area contributed by atoms with E-state index in [1.54, 1.807) is 19.1 Å². The first-order valence-corrected chi connectivity index (χ1v) is 10.2. The summed E-state index contributed by atoms with van der Waals surface area (Å²) >= 11 is 3.38. The summed E-state index contributed by atoms with van der Waals surface area (Å²) in [5, 5.41) is 3.08. The molecule has 1 amide bonds. The Morgan fingerprint density at radius 3 is 2.71 bits per heavy atom. The van der Waals surface area contributed by atoms with Crippen molar-refractivity contribution in [2.75, 3.05) is 5.32 Å². The molecule has 0 unspecified atom stereocenters. The number of nitrogens with one attached hydrogen (secondary N) is 2. The van der Waals surface area contributed by atoms with Gasteiger partial charge in [0.1, 0.15) is 5.75 Å². The van der Waals surface area contributed by atoms with Crippen molar-refractivity contribution in [2.45, 2.75) is 13.5 Å². The summed E-state index contributed by atoms with van der Waals surface area (Å²) in [5.41, 5.74) is 0.178. The van der Waals surface area contributed by atoms with E-state index in [2.05, 4.69) is 31.2 Å². The Balaban J connectivity index is 1.52. The van der Waals surface area contributed by atoms with E-state index in [1.165, 1.54) is 24.4 Å². The second kappa shape index (κ2) is 8.57. The van der Waals surface area contributed by atoms with Crippen LogP contribution in [0.25, 0.3) is 10.9 Å². The number of hydrogen-bond donors (Lipinski definition) is 2. The van der Waals surface area contributed by atoms with E-state index in [1.807, 2.05) is 24.3 Å². The molecule has 0 aliphatic rings. The number of rotatable bonds is 5. The highest BCUT2D eigenvalue weighted by atomic mass is 79.9. The van der Waals surface area contributed by atoms with Crippen molar-refractivity contribution in [3.63, 3.8) is 0 Å². The van der Waals surface area contributed by atoms with Gasteiger partial charge in [0.05, 0.1) is 22.8 Å². The maximum atomic E-state index is 12.6. The van der Waals surface area contributed by atoms with E-state index < -0.39 is 17.2 Å². The summed E-state index contributed by atoms with van der Waals surface area (Å²) in [6.45, 7) is 1.98. The SMILES string of the molecule is CCn1c(=O)[nH]c2cc(C(=O)Nc3ccc(Oc4cccc(Br)c4)nc3)ccc2c1=O. The van der Waals surface area contributed by atoms with Crippen LogP contribution in [-0.2, 0) is 6.54 Å². The largest absolute Gasteiger partial charge is 0.439 e. The molecular weight excluding hydrogens is 464 g/mol. The van der Waals surface area contributed by atoms with Gasteiger partial charge in [-0.1, -0.05) is 22.0 Å². The summed E-state index contributed by atoms with van der Waals surface area (Å²) in [4.78, 5) is 43.8. The maximum absolute atomic E-state index is 12.6. The second-order valence-electron chi connectivity index (χ2n) is 6.64. The predicted molar refractivity (Wildman–Crippen MR) is 121 cm³/mol. The van der Waals surface area contributed by atoms with Crippen molar-refractivity contribution < 1.29 is 9.53 Å². The maximum Gasteiger partial charge on any atom is 0.328 e. The van der Waals surface area contributed by atoms with Crippen molar-refractivity contribution in [1.82, 2.24) is 14.5 Å². The molecule has 0 bridgehead atoms. The lowest BCUT2D eigenvalue weighted by Gasteiger charge is -2.08. The lowest BCUT2D eigenvalue weighted by Crippen LogP contribution is -2.34. The highest BCUT2D eigenvalue weighted by Gasteiger charge is 2.11. The minimum atomic E-state index is -0.511. The Labute approximate surface area is 184 Å². The fourth-order valence-electron chi connectivity index (χ4n) is 3.05. The van der Waals surface area contributed by atoms with Crippen molar-refractivity contribution in [2.24, 2.45) is 0 Å². The number of carbonyl (C=O) groups excluding carboxylic acids is 1. The molecule has 2 N–H and O–H groups in total. The number of aromatic amines is 1. The van der Waals surface area contributed by atoms with E-state index in [9.17, 15) is 14.4 Å². The number of H-pyrrole nitrogens is 1. The molecule has 2 aromatic heterocycles. The first-order valence-electron chi connectivity index (χ1n) is 9.42. The molecule has 4 rings (SSSR count). The Hall–Kier alpha value is -3.72. The van der Waals surface area contributed by atoms with Gasteiger partial charge in [0.2, 0.25) is 5.88 Å². The molecule has 0 fully saturated rings. The predicted octanol–water partition coefficient (Wildman–Crippen LogP) is 3.91. The summed E-state index contributed by atoms with van der Waals surface area (Å²) < 4.78 is 7.66. The van der Waals surface area contributed by atoms with E-state index in [4.69, 9.17) is 4.74 Å². The normalized spacial score (nSPS) is 10.8. The number of carbonyl (C=O) groups is 1. The molecule has 156 valence electrons. The Bertz CT molecular complexity index is 1390. The van der Waals surface area contributed by atoms with Crippen LogP contribution in [0.15, 0.2) is 74.9 Å². The standard InChI is InChI=1S/C22H17BrN4O4/c1-2-27-21(29)17-8-6-13(10-18(17)26-22(27)30)20(28)25-15-7-9-19(24-12-15)31-16-5-3-4-14(23)11-16/h3-12H,2H2,1H3,(H,25,28)(H,26,30). The van der Waals surface area contributed by atoms with Crippen LogP contribution < -0.4 is 21.3 Å². The zero-order chi connectivity index (χ0) is 22.0. The Morgan fingerprint density at radius 2 is 2.00 bits per heavy atom. The number of hydrogen-bond acceptors (Lipinski definition) is 5. The van der Waals surface area contributed by atoms with Crippen LogP contribution >= 0.6 is 15.9 Å². The van der Waals surface area contributed by atoms with Gasteiger partial charge in [-0.25, -0.2) is 9.78 Å². The van der Waals surface area contributed by atoms with Crippen molar-refractivity contribution >= 4 is 38.4 Å². The number of halogens is 1. The van der Waals surface area contributed by atoms with Gasteiger partial charge >= 0.3 is 5.69 Å². The minimum Gasteiger partial charge on any atom is -0.439 e. The van der Waals surface area contributed by atoms with Gasteiger partial charge in [0.15, 0.2) is 0 Å². The van der Waals surface area contributed by atoms with Gasteiger partial charge in [0.25, 0.3) is 11.5 Å². The van der Waals surface area contributed by atoms with Crippen LogP contribution in [0.1, 0.15) is 17.3 Å². The average Bonchev–Trinajstić information content (AvgIpc) is 2.75. The van der Waals surface area contributed by atoms with Gasteiger partial charge in [0, 0.05) is 22.6 Å². The number of aromatic nitrogens is 3. The molecule has 31 heavy (non-hydrogen) atoms. The minimum absolute atomic E-state index is 0.264. The number of pyridine rings is 1. The van der Waals surface area contributed by atoms with Crippen LogP contribution in [0.5, 0.6) is 11.6 Å². The second-order valence-corrected chi connectivity index (χ2v) is 7.55. The molecule has 9 heteroatoms. The Morgan fingerprint density at radius 1 is 1.16 bits per heavy atom. The summed E-state index contributed by atoms with van der Waals surface area (Å²) in [5.74, 6) is 0.613. The lowest BCUT2D eigenvalue weighted by molar-refractivity contribution is 0.102. The van der Waals surface area contributed by atoms with Gasteiger partial charge in [-0.05, 0) is 49.4 Å². The van der Waals surface area contributed by atoms with Crippen molar-refractivity contribution in [3.8, 4) is 11.6 Å². The monoisotopic (exact) mass is 480 g/mol. The van der Waals surface area contributed by atoms with Crippen LogP contribution in [0, 0.1) is 0 Å². The fraction of sp³-hybridized carbons (Fsp3) is 0.0909. The van der Waals surface area contributed by atoms with Crippen LogP contribution in [0.3, 0.4) is 0 Å². The highest BCUT2D eigenvalue weighted by molar-refractivity contribution is 9.10. The van der Waals surface area contributed by atoms with E-state index in [0.29, 0.717) is 33.8 Å². The molecule has 0 aliphatic carbocycles. The van der Waals surface area contributed by atoms with E-state index in [-0.39, 0.29) is 6.54 Å². The molecule has 0 saturated carbocycles. The summed E-state index contributed by atoms with van der Waals surface area (Å²) in [6, 6.07) is 15.2. The third-order valence-corrected chi connectivity index (χ3v) is 5.07. The van der Waals surface area contributed by atoms with Crippen LogP contribution in [0.2, 0.25) is 0 Å². The molecule has 2 aromatic carbocycles. The number of benzene rings is 2. The average molecular weight is 481 g/mol. The molecule has 0 saturated heterocycles. The van der Waals surface area contributed by atoms with E-state index >= 15 is 0 Å². The lowest BCUT2D eigenvalue weighted by atomic mass is 10.1. The topological polar surface area (TPSA) is 106 Å². The number of ether oxygens (including phenoxy) is 1. The number of amides is 1. The van der Waals surface area contributed by atoms with Crippen LogP contribution in [-0.4, -0.2) is 20.4 Å². The van der Waals surface area contributed by atoms with Gasteiger partial charge < -0.3 is 15.0 Å². The van der Waals surface area contributed by atoms with Gasteiger partial charge in [-0.3, -0.25) is 14.2 Å². The molecular formula is C22H17BrN4O4. The third kappa shape index (κ3) is 4.41. The quantitative estimate of drug-likeness (QED) is 0.450. The first kappa shape index (κ1) is 20.5. The fourth-order valence-corrected chi connectivity index (χ4v) is 3.43. The van der Waals surface area contributed by atoms with Crippen LogP contribution in [0.4, 0.5) is 5.69 Å². The molecule has 0 atom stereocenters. The highest BCUT2D eigenvalue weighted by Crippen LogP contribution is 2.23. The van der Waals surface area contributed by atoms with E-state index in [0.717, 1.165) is 9.04 Å². The molecule has 2 heterocycles. The smallest absolute Gasteiger partial charge is 0.328 e. The zero-order valence-corrected chi connectivity index (χ0v) is 18.0. The molecule has 4 aromatic rings. The van der Waals surface area contributed by atoms with Gasteiger partial charge in [-0.2, -0.15) is 0 Å². The van der Waals surface area contributed by atoms with Gasteiger partial charge in [-0.15, -0.1) is 0 Å². The zero-order valence-electron chi connectivity index (χ0n) is 16.4. The summed E-state index contributed by atoms with van der Waals surface area (Å²) in [6.07, 6.45) is 1.48. The number of nitrogens with zero attached hydrogens (tertiary/aromatic N) is 2. The molecule has 8 nitrogen and oxygen atoms in total. The number of anilines is 1. The molecule has 0 aliphatic heterocycles. The summed E-state index contributed by atoms with van der Waals surface area (Å²) in [7, 11) is 0.